The van der Waals surface area contributed by atoms with Gasteiger partial charge >= 0.3 is 0 Å². The monoisotopic (exact) mass is 392 g/mol. The van der Waals surface area contributed by atoms with Crippen molar-refractivity contribution in [3.8, 4) is 0 Å². The molecule has 1 N–H and O–H groups in total. The highest BCUT2D eigenvalue weighted by molar-refractivity contribution is 5.80. The van der Waals surface area contributed by atoms with Crippen LogP contribution < -0.4 is 5.32 Å². The maximum absolute atomic E-state index is 12.6. The van der Waals surface area contributed by atoms with Gasteiger partial charge in [0.15, 0.2) is 0 Å². The maximum atomic E-state index is 12.6. The standard InChI is InChI=1S/C21H24N6O2/c28-20(22-14-17-6-2-1-3-7-17)15-25-10-12-26(13-11-25)21(29)16-27-19-9-5-4-8-18(19)23-24-27/h1-9H,10-16H2,(H,22,28). The first-order chi connectivity index (χ1) is 14.2. The van der Waals surface area contributed by atoms with E-state index in [9.17, 15) is 9.59 Å². The lowest BCUT2D eigenvalue weighted by Crippen LogP contribution is -2.51. The molecule has 1 fully saturated rings. The average Bonchev–Trinajstić information content (AvgIpc) is 3.16. The lowest BCUT2D eigenvalue weighted by Gasteiger charge is -2.34. The van der Waals surface area contributed by atoms with E-state index >= 15 is 0 Å². The van der Waals surface area contributed by atoms with Crippen molar-refractivity contribution in [2.45, 2.75) is 13.1 Å². The van der Waals surface area contributed by atoms with E-state index in [2.05, 4.69) is 20.5 Å². The third-order valence-corrected chi connectivity index (χ3v) is 5.13. The number of aromatic nitrogens is 3. The van der Waals surface area contributed by atoms with Gasteiger partial charge in [0.2, 0.25) is 11.8 Å². The number of hydrogen-bond acceptors (Lipinski definition) is 5. The van der Waals surface area contributed by atoms with Crippen LogP contribution in [-0.4, -0.2) is 69.3 Å². The van der Waals surface area contributed by atoms with Crippen LogP contribution in [0.3, 0.4) is 0 Å². The van der Waals surface area contributed by atoms with Gasteiger partial charge in [0.25, 0.3) is 0 Å². The average molecular weight is 392 g/mol. The number of para-hydroxylation sites is 1. The SMILES string of the molecule is O=C(CN1CCN(C(=O)Cn2nnc3ccccc32)CC1)NCc1ccccc1. The van der Waals surface area contributed by atoms with E-state index in [-0.39, 0.29) is 18.4 Å². The molecule has 1 aromatic heterocycles. The molecule has 0 saturated carbocycles. The van der Waals surface area contributed by atoms with Gasteiger partial charge in [-0.3, -0.25) is 14.5 Å². The van der Waals surface area contributed by atoms with Crippen molar-refractivity contribution in [3.63, 3.8) is 0 Å². The molecule has 0 spiro atoms. The molecule has 2 aromatic carbocycles. The minimum absolute atomic E-state index is 0.00251. The zero-order valence-corrected chi connectivity index (χ0v) is 16.2. The molecule has 8 nitrogen and oxygen atoms in total. The molecular weight excluding hydrogens is 368 g/mol. The molecule has 0 radical (unpaired) electrons. The fourth-order valence-electron chi connectivity index (χ4n) is 3.47. The molecule has 2 heterocycles. The number of hydrogen-bond donors (Lipinski definition) is 1. The second-order valence-corrected chi connectivity index (χ2v) is 7.16. The normalized spacial score (nSPS) is 14.8. The van der Waals surface area contributed by atoms with Crippen LogP contribution in [0.1, 0.15) is 5.56 Å². The highest BCUT2D eigenvalue weighted by Gasteiger charge is 2.23. The number of nitrogens with one attached hydrogen (secondary N) is 1. The zero-order chi connectivity index (χ0) is 20.1. The molecular formula is C21H24N6O2. The van der Waals surface area contributed by atoms with E-state index in [0.29, 0.717) is 39.3 Å². The summed E-state index contributed by atoms with van der Waals surface area (Å²) < 4.78 is 1.64. The van der Waals surface area contributed by atoms with Crippen molar-refractivity contribution in [1.29, 1.82) is 0 Å². The summed E-state index contributed by atoms with van der Waals surface area (Å²) in [5, 5.41) is 11.1. The van der Waals surface area contributed by atoms with E-state index in [1.54, 1.807) is 4.68 Å². The van der Waals surface area contributed by atoms with Crippen molar-refractivity contribution in [3.05, 3.63) is 60.2 Å². The summed E-state index contributed by atoms with van der Waals surface area (Å²) in [6.07, 6.45) is 0. The number of carbonyl (C=O) groups is 2. The van der Waals surface area contributed by atoms with Gasteiger partial charge in [-0.1, -0.05) is 47.7 Å². The number of amides is 2. The number of fused-ring (bicyclic) bond motifs is 1. The quantitative estimate of drug-likeness (QED) is 0.674. The summed E-state index contributed by atoms with van der Waals surface area (Å²) in [6.45, 7) is 3.64. The van der Waals surface area contributed by atoms with E-state index in [1.807, 2.05) is 59.5 Å². The molecule has 0 atom stereocenters. The van der Waals surface area contributed by atoms with Gasteiger partial charge in [-0.15, -0.1) is 5.10 Å². The van der Waals surface area contributed by atoms with Gasteiger partial charge in [0, 0.05) is 32.7 Å². The van der Waals surface area contributed by atoms with Crippen molar-refractivity contribution in [2.24, 2.45) is 0 Å². The molecule has 3 aromatic rings. The Labute approximate surface area is 169 Å². The second-order valence-electron chi connectivity index (χ2n) is 7.16. The number of nitrogens with zero attached hydrogens (tertiary/aromatic N) is 5. The maximum Gasteiger partial charge on any atom is 0.244 e. The fraction of sp³-hybridized carbons (Fsp3) is 0.333. The first kappa shape index (κ1) is 19.1. The topological polar surface area (TPSA) is 83.4 Å². The zero-order valence-electron chi connectivity index (χ0n) is 16.2. The van der Waals surface area contributed by atoms with E-state index in [1.165, 1.54) is 0 Å². The Bertz CT molecular complexity index is 979. The molecule has 0 unspecified atom stereocenters. The van der Waals surface area contributed by atoms with Gasteiger partial charge in [0.1, 0.15) is 12.1 Å². The Balaban J connectivity index is 1.22. The van der Waals surface area contributed by atoms with Crippen LogP contribution in [0.4, 0.5) is 0 Å². The van der Waals surface area contributed by atoms with Crippen LogP contribution in [0, 0.1) is 0 Å². The minimum atomic E-state index is 0.00251. The Hall–Kier alpha value is -3.26. The first-order valence-corrected chi connectivity index (χ1v) is 9.78. The van der Waals surface area contributed by atoms with Crippen LogP contribution in [-0.2, 0) is 22.7 Å². The predicted octanol–water partition coefficient (Wildman–Crippen LogP) is 0.892. The Kier molecular flexibility index (Phi) is 5.81. The van der Waals surface area contributed by atoms with E-state index in [0.717, 1.165) is 16.6 Å². The Morgan fingerprint density at radius 2 is 1.62 bits per heavy atom. The predicted molar refractivity (Wildman–Crippen MR) is 109 cm³/mol. The van der Waals surface area contributed by atoms with E-state index < -0.39 is 0 Å². The van der Waals surface area contributed by atoms with Gasteiger partial charge in [-0.2, -0.15) is 0 Å². The molecule has 1 aliphatic rings. The first-order valence-electron chi connectivity index (χ1n) is 9.78. The number of rotatable bonds is 6. The van der Waals surface area contributed by atoms with Crippen molar-refractivity contribution in [2.75, 3.05) is 32.7 Å². The smallest absolute Gasteiger partial charge is 0.244 e. The fourth-order valence-corrected chi connectivity index (χ4v) is 3.47. The molecule has 4 rings (SSSR count). The Morgan fingerprint density at radius 1 is 0.897 bits per heavy atom. The number of piperazine rings is 1. The summed E-state index contributed by atoms with van der Waals surface area (Å²) >= 11 is 0. The Morgan fingerprint density at radius 3 is 2.41 bits per heavy atom. The molecule has 1 saturated heterocycles. The summed E-state index contributed by atoms with van der Waals surface area (Å²) in [4.78, 5) is 28.7. The molecule has 0 bridgehead atoms. The van der Waals surface area contributed by atoms with Crippen LogP contribution >= 0.6 is 0 Å². The molecule has 150 valence electrons. The molecule has 8 heteroatoms. The summed E-state index contributed by atoms with van der Waals surface area (Å²) in [6, 6.07) is 17.5. The summed E-state index contributed by atoms with van der Waals surface area (Å²) in [5.41, 5.74) is 2.72. The third-order valence-electron chi connectivity index (χ3n) is 5.13. The van der Waals surface area contributed by atoms with Gasteiger partial charge in [-0.05, 0) is 17.7 Å². The highest BCUT2D eigenvalue weighted by Crippen LogP contribution is 2.11. The van der Waals surface area contributed by atoms with Crippen molar-refractivity contribution in [1.82, 2.24) is 30.1 Å². The molecule has 29 heavy (non-hydrogen) atoms. The molecule has 1 aliphatic heterocycles. The lowest BCUT2D eigenvalue weighted by atomic mass is 10.2. The number of carbonyl (C=O) groups excluding carboxylic acids is 2. The minimum Gasteiger partial charge on any atom is -0.351 e. The van der Waals surface area contributed by atoms with Crippen LogP contribution in [0.2, 0.25) is 0 Å². The summed E-state index contributed by atoms with van der Waals surface area (Å²) in [5.74, 6) is 0.0246. The van der Waals surface area contributed by atoms with Crippen LogP contribution in [0.25, 0.3) is 11.0 Å². The largest absolute Gasteiger partial charge is 0.351 e. The molecule has 0 aliphatic carbocycles. The third kappa shape index (κ3) is 4.78. The second kappa shape index (κ2) is 8.83. The lowest BCUT2D eigenvalue weighted by molar-refractivity contribution is -0.134. The van der Waals surface area contributed by atoms with Gasteiger partial charge in [0.05, 0.1) is 12.1 Å². The molecule has 2 amide bonds. The van der Waals surface area contributed by atoms with E-state index in [4.69, 9.17) is 0 Å². The number of benzene rings is 2. The van der Waals surface area contributed by atoms with Gasteiger partial charge in [-0.25, -0.2) is 4.68 Å². The highest BCUT2D eigenvalue weighted by atomic mass is 16.2. The van der Waals surface area contributed by atoms with Crippen molar-refractivity contribution < 1.29 is 9.59 Å². The van der Waals surface area contributed by atoms with Gasteiger partial charge < -0.3 is 10.2 Å². The summed E-state index contributed by atoms with van der Waals surface area (Å²) in [7, 11) is 0. The van der Waals surface area contributed by atoms with Crippen LogP contribution in [0.15, 0.2) is 54.6 Å². The van der Waals surface area contributed by atoms with Crippen molar-refractivity contribution >= 4 is 22.8 Å². The van der Waals surface area contributed by atoms with Crippen LogP contribution in [0.5, 0.6) is 0 Å².